The van der Waals surface area contributed by atoms with E-state index < -0.39 is 0 Å². The van der Waals surface area contributed by atoms with Crippen LogP contribution in [0.3, 0.4) is 0 Å². The van der Waals surface area contributed by atoms with E-state index in [1.54, 1.807) is 0 Å². The normalized spacial score (nSPS) is 10.7. The van der Waals surface area contributed by atoms with Gasteiger partial charge in [-0.05, 0) is 42.0 Å². The highest BCUT2D eigenvalue weighted by Gasteiger charge is 2.12. The molecular formula is C23H22N4S. The van der Waals surface area contributed by atoms with Crippen molar-refractivity contribution in [2.45, 2.75) is 13.0 Å². The lowest BCUT2D eigenvalue weighted by atomic mass is 10.2. The van der Waals surface area contributed by atoms with Gasteiger partial charge >= 0.3 is 0 Å². The van der Waals surface area contributed by atoms with Crippen LogP contribution in [0.15, 0.2) is 84.9 Å². The number of imidazole rings is 1. The number of aromatic amines is 1. The number of nitrogens with one attached hydrogen (secondary N) is 2. The smallest absolute Gasteiger partial charge is 0.173 e. The van der Waals surface area contributed by atoms with Crippen LogP contribution in [-0.2, 0) is 13.0 Å². The molecule has 0 aliphatic heterocycles. The number of hydrogen-bond acceptors (Lipinski definition) is 2. The Morgan fingerprint density at radius 1 is 0.893 bits per heavy atom. The number of rotatable bonds is 6. The van der Waals surface area contributed by atoms with Gasteiger partial charge in [0.25, 0.3) is 0 Å². The van der Waals surface area contributed by atoms with Crippen molar-refractivity contribution in [2.75, 3.05) is 11.9 Å². The Kier molecular flexibility index (Phi) is 5.64. The van der Waals surface area contributed by atoms with Crippen LogP contribution >= 0.6 is 12.2 Å². The Bertz CT molecular complexity index is 1010. The van der Waals surface area contributed by atoms with Gasteiger partial charge in [-0.3, -0.25) is 0 Å². The van der Waals surface area contributed by atoms with E-state index in [9.17, 15) is 0 Å². The zero-order chi connectivity index (χ0) is 19.2. The standard InChI is InChI=1S/C23H22N4S/c28-23(24-19-11-5-2-6-12-19)27(17-18-9-3-1-4-10-18)16-15-22-25-20-13-7-8-14-21(20)26-22/h1-14H,15-17H2,(H,24,28)(H,25,26). The van der Waals surface area contributed by atoms with Gasteiger partial charge in [-0.25, -0.2) is 4.98 Å². The summed E-state index contributed by atoms with van der Waals surface area (Å²) in [7, 11) is 0. The van der Waals surface area contributed by atoms with Crippen LogP contribution in [0, 0.1) is 0 Å². The van der Waals surface area contributed by atoms with E-state index in [-0.39, 0.29) is 0 Å². The fourth-order valence-electron chi connectivity index (χ4n) is 3.15. The summed E-state index contributed by atoms with van der Waals surface area (Å²) in [5, 5.41) is 4.07. The predicted molar refractivity (Wildman–Crippen MR) is 119 cm³/mol. The lowest BCUT2D eigenvalue weighted by molar-refractivity contribution is 0.419. The summed E-state index contributed by atoms with van der Waals surface area (Å²) in [5.74, 6) is 0.974. The van der Waals surface area contributed by atoms with Gasteiger partial charge in [-0.15, -0.1) is 0 Å². The van der Waals surface area contributed by atoms with Crippen LogP contribution in [0.2, 0.25) is 0 Å². The number of para-hydroxylation sites is 3. The molecule has 0 fully saturated rings. The van der Waals surface area contributed by atoms with E-state index >= 15 is 0 Å². The van der Waals surface area contributed by atoms with Crippen LogP contribution in [-0.4, -0.2) is 26.5 Å². The van der Waals surface area contributed by atoms with E-state index in [2.05, 4.69) is 50.5 Å². The molecule has 4 rings (SSSR count). The summed E-state index contributed by atoms with van der Waals surface area (Å²) < 4.78 is 0. The number of H-pyrrole nitrogens is 1. The molecule has 0 amide bonds. The van der Waals surface area contributed by atoms with E-state index in [0.29, 0.717) is 5.11 Å². The molecule has 140 valence electrons. The Labute approximate surface area is 170 Å². The number of aromatic nitrogens is 2. The zero-order valence-corrected chi connectivity index (χ0v) is 16.3. The van der Waals surface area contributed by atoms with Crippen molar-refractivity contribution in [2.24, 2.45) is 0 Å². The van der Waals surface area contributed by atoms with Crippen molar-refractivity contribution in [3.63, 3.8) is 0 Å². The first-order valence-corrected chi connectivity index (χ1v) is 9.77. The highest BCUT2D eigenvalue weighted by molar-refractivity contribution is 7.80. The molecular weight excluding hydrogens is 364 g/mol. The third kappa shape index (κ3) is 4.56. The van der Waals surface area contributed by atoms with Crippen molar-refractivity contribution < 1.29 is 0 Å². The first kappa shape index (κ1) is 18.2. The molecule has 0 atom stereocenters. The van der Waals surface area contributed by atoms with E-state index in [1.165, 1.54) is 5.56 Å². The molecule has 0 bridgehead atoms. The van der Waals surface area contributed by atoms with E-state index in [0.717, 1.165) is 42.1 Å². The van der Waals surface area contributed by atoms with Crippen LogP contribution in [0.1, 0.15) is 11.4 Å². The first-order chi connectivity index (χ1) is 13.8. The third-order valence-electron chi connectivity index (χ3n) is 4.59. The SMILES string of the molecule is S=C(Nc1ccccc1)N(CCc1nc2ccccc2[nH]1)Cc1ccccc1. The highest BCUT2D eigenvalue weighted by atomic mass is 32.1. The quantitative estimate of drug-likeness (QED) is 0.458. The van der Waals surface area contributed by atoms with Gasteiger partial charge in [0, 0.05) is 25.2 Å². The summed E-state index contributed by atoms with van der Waals surface area (Å²) in [6.45, 7) is 1.52. The molecule has 0 aliphatic rings. The fourth-order valence-corrected chi connectivity index (χ4v) is 3.42. The minimum Gasteiger partial charge on any atom is -0.344 e. The summed E-state index contributed by atoms with van der Waals surface area (Å²) in [6, 6.07) is 28.5. The molecule has 0 unspecified atom stereocenters. The number of benzene rings is 3. The van der Waals surface area contributed by atoms with Crippen LogP contribution in [0.5, 0.6) is 0 Å². The maximum absolute atomic E-state index is 5.72. The molecule has 1 heterocycles. The second kappa shape index (κ2) is 8.67. The fraction of sp³-hybridized carbons (Fsp3) is 0.130. The lowest BCUT2D eigenvalue weighted by Crippen LogP contribution is -2.36. The van der Waals surface area contributed by atoms with Crippen LogP contribution < -0.4 is 5.32 Å². The van der Waals surface area contributed by atoms with Crippen molar-refractivity contribution >= 4 is 34.1 Å². The minimum absolute atomic E-state index is 0.714. The van der Waals surface area contributed by atoms with Gasteiger partial charge < -0.3 is 15.2 Å². The number of fused-ring (bicyclic) bond motifs is 1. The monoisotopic (exact) mass is 386 g/mol. The summed E-state index contributed by atoms with van der Waals surface area (Å²) in [4.78, 5) is 10.3. The molecule has 28 heavy (non-hydrogen) atoms. The third-order valence-corrected chi connectivity index (χ3v) is 4.95. The van der Waals surface area contributed by atoms with Crippen LogP contribution in [0.4, 0.5) is 5.69 Å². The topological polar surface area (TPSA) is 44.0 Å². The van der Waals surface area contributed by atoms with Crippen LogP contribution in [0.25, 0.3) is 11.0 Å². The predicted octanol–water partition coefficient (Wildman–Crippen LogP) is 5.00. The molecule has 0 radical (unpaired) electrons. The lowest BCUT2D eigenvalue weighted by Gasteiger charge is -2.26. The average molecular weight is 387 g/mol. The average Bonchev–Trinajstić information content (AvgIpc) is 3.15. The molecule has 0 saturated carbocycles. The van der Waals surface area contributed by atoms with E-state index in [4.69, 9.17) is 12.2 Å². The van der Waals surface area contributed by atoms with Gasteiger partial charge in [0.2, 0.25) is 0 Å². The largest absolute Gasteiger partial charge is 0.344 e. The van der Waals surface area contributed by atoms with Gasteiger partial charge in [0.1, 0.15) is 5.82 Å². The number of nitrogens with zero attached hydrogens (tertiary/aromatic N) is 2. The Morgan fingerprint density at radius 2 is 1.57 bits per heavy atom. The van der Waals surface area contributed by atoms with Gasteiger partial charge in [-0.2, -0.15) is 0 Å². The number of anilines is 1. The van der Waals surface area contributed by atoms with Gasteiger partial charge in [0.15, 0.2) is 5.11 Å². The number of hydrogen-bond donors (Lipinski definition) is 2. The molecule has 3 aromatic carbocycles. The second-order valence-electron chi connectivity index (χ2n) is 6.65. The van der Waals surface area contributed by atoms with Crippen molar-refractivity contribution in [1.29, 1.82) is 0 Å². The Hall–Kier alpha value is -3.18. The summed E-state index contributed by atoms with van der Waals surface area (Å²) >= 11 is 5.72. The minimum atomic E-state index is 0.714. The molecule has 5 heteroatoms. The maximum Gasteiger partial charge on any atom is 0.173 e. The molecule has 4 aromatic rings. The molecule has 0 aliphatic carbocycles. The highest BCUT2D eigenvalue weighted by Crippen LogP contribution is 2.13. The first-order valence-electron chi connectivity index (χ1n) is 9.36. The van der Waals surface area contributed by atoms with Gasteiger partial charge in [0.05, 0.1) is 11.0 Å². The molecule has 4 nitrogen and oxygen atoms in total. The molecule has 0 spiro atoms. The van der Waals surface area contributed by atoms with Gasteiger partial charge in [-0.1, -0.05) is 60.7 Å². The Morgan fingerprint density at radius 3 is 2.32 bits per heavy atom. The molecule has 2 N–H and O–H groups in total. The van der Waals surface area contributed by atoms with Crippen molar-refractivity contribution in [3.8, 4) is 0 Å². The zero-order valence-electron chi connectivity index (χ0n) is 15.5. The Balaban J connectivity index is 1.49. The second-order valence-corrected chi connectivity index (χ2v) is 7.04. The van der Waals surface area contributed by atoms with Crippen molar-refractivity contribution in [3.05, 3.63) is 96.3 Å². The van der Waals surface area contributed by atoms with Crippen molar-refractivity contribution in [1.82, 2.24) is 14.9 Å². The summed E-state index contributed by atoms with van der Waals surface area (Å²) in [5.41, 5.74) is 4.29. The maximum atomic E-state index is 5.72. The summed E-state index contributed by atoms with van der Waals surface area (Å²) in [6.07, 6.45) is 0.790. The number of thiocarbonyl (C=S) groups is 1. The molecule has 0 saturated heterocycles. The molecule has 1 aromatic heterocycles. The van der Waals surface area contributed by atoms with E-state index in [1.807, 2.05) is 54.6 Å².